The summed E-state index contributed by atoms with van der Waals surface area (Å²) in [5.41, 5.74) is 2.05. The van der Waals surface area contributed by atoms with Gasteiger partial charge in [-0.05, 0) is 44.7 Å². The number of rotatable bonds is 3. The fraction of sp³-hybridized carbons (Fsp3) is 0.579. The van der Waals surface area contributed by atoms with E-state index < -0.39 is 0 Å². The number of carbonyl (C=O) groups excluding carboxylic acids is 1. The van der Waals surface area contributed by atoms with E-state index in [0.29, 0.717) is 12.0 Å². The van der Waals surface area contributed by atoms with Crippen LogP contribution in [0.15, 0.2) is 24.5 Å². The molecule has 2 aromatic heterocycles. The molecule has 2 aliphatic rings. The van der Waals surface area contributed by atoms with Crippen molar-refractivity contribution in [1.29, 1.82) is 0 Å². The molecule has 0 unspecified atom stereocenters. The van der Waals surface area contributed by atoms with Gasteiger partial charge in [0.1, 0.15) is 11.5 Å². The van der Waals surface area contributed by atoms with Crippen LogP contribution in [0.2, 0.25) is 0 Å². The minimum atomic E-state index is 0.155. The van der Waals surface area contributed by atoms with Crippen LogP contribution in [-0.4, -0.2) is 38.0 Å². The number of aromatic nitrogens is 3. The molecule has 1 saturated heterocycles. The lowest BCUT2D eigenvalue weighted by Crippen LogP contribution is -2.40. The number of imidazole rings is 1. The summed E-state index contributed by atoms with van der Waals surface area (Å²) >= 11 is 0. The molecule has 24 heavy (non-hydrogen) atoms. The maximum absolute atomic E-state index is 12.7. The summed E-state index contributed by atoms with van der Waals surface area (Å²) in [6.45, 7) is 3.82. The van der Waals surface area contributed by atoms with Crippen molar-refractivity contribution in [2.24, 2.45) is 7.05 Å². The first-order chi connectivity index (χ1) is 11.6. The van der Waals surface area contributed by atoms with Crippen molar-refractivity contribution in [2.75, 3.05) is 13.1 Å². The molecule has 2 aromatic rings. The normalized spacial score (nSPS) is 19.5. The molecule has 3 heterocycles. The van der Waals surface area contributed by atoms with E-state index in [1.165, 1.54) is 30.8 Å². The molecule has 1 aliphatic heterocycles. The zero-order chi connectivity index (χ0) is 16.7. The number of hydrogen-bond acceptors (Lipinski definition) is 2. The summed E-state index contributed by atoms with van der Waals surface area (Å²) in [7, 11) is 1.93. The van der Waals surface area contributed by atoms with Crippen molar-refractivity contribution in [3.63, 3.8) is 0 Å². The average Bonchev–Trinajstić information content (AvgIpc) is 3.12. The molecule has 0 aromatic carbocycles. The molecule has 4 rings (SSSR count). The summed E-state index contributed by atoms with van der Waals surface area (Å²) in [5, 5.41) is 0. The highest BCUT2D eigenvalue weighted by atomic mass is 16.2. The second-order valence-electron chi connectivity index (χ2n) is 7.28. The van der Waals surface area contributed by atoms with E-state index in [1.54, 1.807) is 0 Å². The van der Waals surface area contributed by atoms with Gasteiger partial charge < -0.3 is 14.0 Å². The van der Waals surface area contributed by atoms with Crippen LogP contribution < -0.4 is 0 Å². The quantitative estimate of drug-likeness (QED) is 0.869. The molecule has 0 N–H and O–H groups in total. The second kappa shape index (κ2) is 6.11. The smallest absolute Gasteiger partial charge is 0.270 e. The number of aryl methyl sites for hydroxylation is 2. The highest BCUT2D eigenvalue weighted by Crippen LogP contribution is 2.38. The van der Waals surface area contributed by atoms with Crippen LogP contribution in [0.4, 0.5) is 0 Å². The van der Waals surface area contributed by atoms with Crippen LogP contribution in [-0.2, 0) is 7.05 Å². The number of hydrogen-bond donors (Lipinski definition) is 0. The summed E-state index contributed by atoms with van der Waals surface area (Å²) in [4.78, 5) is 19.4. The maximum Gasteiger partial charge on any atom is 0.270 e. The molecule has 0 atom stereocenters. The topological polar surface area (TPSA) is 43.1 Å². The van der Waals surface area contributed by atoms with Gasteiger partial charge in [0.2, 0.25) is 0 Å². The Morgan fingerprint density at radius 1 is 1.21 bits per heavy atom. The van der Waals surface area contributed by atoms with Crippen LogP contribution in [0, 0.1) is 6.92 Å². The van der Waals surface area contributed by atoms with Gasteiger partial charge in [0, 0.05) is 50.2 Å². The Bertz CT molecular complexity index is 732. The number of amides is 1. The average molecular weight is 326 g/mol. The Morgan fingerprint density at radius 3 is 2.54 bits per heavy atom. The molecule has 128 valence electrons. The third kappa shape index (κ3) is 2.56. The number of piperidine rings is 1. The molecule has 0 radical (unpaired) electrons. The van der Waals surface area contributed by atoms with Crippen molar-refractivity contribution in [3.8, 4) is 0 Å². The zero-order valence-electron chi connectivity index (χ0n) is 14.6. The van der Waals surface area contributed by atoms with Crippen LogP contribution in [0.5, 0.6) is 0 Å². The van der Waals surface area contributed by atoms with Crippen LogP contribution >= 0.6 is 0 Å². The van der Waals surface area contributed by atoms with Gasteiger partial charge in [0.15, 0.2) is 0 Å². The Labute approximate surface area is 143 Å². The minimum Gasteiger partial charge on any atom is -0.347 e. The van der Waals surface area contributed by atoms with Crippen molar-refractivity contribution >= 4 is 5.91 Å². The van der Waals surface area contributed by atoms with E-state index in [4.69, 9.17) is 4.98 Å². The van der Waals surface area contributed by atoms with E-state index in [1.807, 2.05) is 41.0 Å². The monoisotopic (exact) mass is 326 g/mol. The molecule has 2 fully saturated rings. The van der Waals surface area contributed by atoms with Gasteiger partial charge in [-0.1, -0.05) is 6.42 Å². The van der Waals surface area contributed by atoms with Gasteiger partial charge in [-0.3, -0.25) is 4.79 Å². The lowest BCUT2D eigenvalue weighted by atomic mass is 9.84. The predicted octanol–water partition coefficient (Wildman–Crippen LogP) is 3.27. The predicted molar refractivity (Wildman–Crippen MR) is 93.1 cm³/mol. The van der Waals surface area contributed by atoms with Gasteiger partial charge in [-0.25, -0.2) is 4.98 Å². The fourth-order valence-electron chi connectivity index (χ4n) is 4.08. The van der Waals surface area contributed by atoms with Crippen molar-refractivity contribution in [3.05, 3.63) is 41.7 Å². The van der Waals surface area contributed by atoms with E-state index in [-0.39, 0.29) is 5.91 Å². The van der Waals surface area contributed by atoms with Crippen LogP contribution in [0.1, 0.15) is 66.1 Å². The molecule has 5 nitrogen and oxygen atoms in total. The van der Waals surface area contributed by atoms with E-state index in [0.717, 1.165) is 31.6 Å². The van der Waals surface area contributed by atoms with Gasteiger partial charge in [-0.2, -0.15) is 0 Å². The molecular formula is C19H26N4O. The maximum atomic E-state index is 12.7. The van der Waals surface area contributed by atoms with Crippen LogP contribution in [0.3, 0.4) is 0 Å². The summed E-state index contributed by atoms with van der Waals surface area (Å²) in [6.07, 6.45) is 9.89. The summed E-state index contributed by atoms with van der Waals surface area (Å²) in [5.74, 6) is 2.09. The first-order valence-corrected chi connectivity index (χ1v) is 9.09. The molecular weight excluding hydrogens is 300 g/mol. The fourth-order valence-corrected chi connectivity index (χ4v) is 4.08. The number of carbonyl (C=O) groups is 1. The Hall–Kier alpha value is -2.04. The molecule has 1 amide bonds. The van der Waals surface area contributed by atoms with Gasteiger partial charge in [0.05, 0.1) is 0 Å². The molecule has 5 heteroatoms. The van der Waals surface area contributed by atoms with E-state index in [2.05, 4.69) is 11.5 Å². The van der Waals surface area contributed by atoms with Gasteiger partial charge in [-0.15, -0.1) is 0 Å². The highest BCUT2D eigenvalue weighted by Gasteiger charge is 2.31. The zero-order valence-corrected chi connectivity index (χ0v) is 14.6. The van der Waals surface area contributed by atoms with Gasteiger partial charge >= 0.3 is 0 Å². The minimum absolute atomic E-state index is 0.155. The number of nitrogens with zero attached hydrogens (tertiary/aromatic N) is 4. The lowest BCUT2D eigenvalue weighted by Gasteiger charge is -2.35. The van der Waals surface area contributed by atoms with Gasteiger partial charge in [0.25, 0.3) is 5.91 Å². The summed E-state index contributed by atoms with van der Waals surface area (Å²) < 4.78 is 4.37. The molecule has 0 spiro atoms. The molecule has 1 saturated carbocycles. The molecule has 0 bridgehead atoms. The van der Waals surface area contributed by atoms with Crippen molar-refractivity contribution in [1.82, 2.24) is 19.0 Å². The summed E-state index contributed by atoms with van der Waals surface area (Å²) in [6, 6.07) is 4.32. The largest absolute Gasteiger partial charge is 0.347 e. The second-order valence-corrected chi connectivity index (χ2v) is 7.28. The Morgan fingerprint density at radius 2 is 1.96 bits per heavy atom. The Kier molecular flexibility index (Phi) is 3.94. The third-order valence-corrected chi connectivity index (χ3v) is 5.76. The lowest BCUT2D eigenvalue weighted by molar-refractivity contribution is 0.0682. The van der Waals surface area contributed by atoms with E-state index >= 15 is 0 Å². The standard InChI is InChI=1S/C19H26N4O/c1-14-13-20-18(15-5-3-6-15)23(14)16-8-11-22(12-9-16)19(24)17-7-4-10-21(17)2/h4,7,10,13,15-16H,3,5-6,8-9,11-12H2,1-2H3. The first kappa shape index (κ1) is 15.5. The van der Waals surface area contributed by atoms with Crippen LogP contribution in [0.25, 0.3) is 0 Å². The van der Waals surface area contributed by atoms with E-state index in [9.17, 15) is 4.79 Å². The SMILES string of the molecule is Cc1cnc(C2CCC2)n1C1CCN(C(=O)c2cccn2C)CC1. The highest BCUT2D eigenvalue weighted by molar-refractivity contribution is 5.92. The first-order valence-electron chi connectivity index (χ1n) is 9.09. The third-order valence-electron chi connectivity index (χ3n) is 5.76. The number of likely N-dealkylation sites (tertiary alicyclic amines) is 1. The molecule has 1 aliphatic carbocycles. The van der Waals surface area contributed by atoms with Crippen molar-refractivity contribution < 1.29 is 4.79 Å². The van der Waals surface area contributed by atoms with Crippen molar-refractivity contribution in [2.45, 2.75) is 51.0 Å². The Balaban J connectivity index is 1.46.